The summed E-state index contributed by atoms with van der Waals surface area (Å²) in [5.74, 6) is -0.419. The Morgan fingerprint density at radius 2 is 1.62 bits per heavy atom. The normalized spacial score (nSPS) is 14.5. The van der Waals surface area contributed by atoms with Gasteiger partial charge in [-0.25, -0.2) is 14.5 Å². The molecule has 0 saturated carbocycles. The highest BCUT2D eigenvalue weighted by Gasteiger charge is 2.26. The Morgan fingerprint density at radius 3 is 2.34 bits per heavy atom. The number of aliphatic imine (C=N–C) groups is 1. The second kappa shape index (κ2) is 8.46. The topological polar surface area (TPSA) is 56.5 Å². The third-order valence-corrected chi connectivity index (χ3v) is 5.43. The fourth-order valence-electron chi connectivity index (χ4n) is 3.36. The number of esters is 1. The monoisotopic (exact) mass is 459 g/mol. The lowest BCUT2D eigenvalue weighted by atomic mass is 10.1. The maximum Gasteiger partial charge on any atom is 0.363 e. The lowest BCUT2D eigenvalue weighted by Crippen LogP contribution is -2.05. The minimum absolute atomic E-state index is 0.139. The largest absolute Gasteiger partial charge is 0.402 e. The van der Waals surface area contributed by atoms with Gasteiger partial charge in [0.05, 0.1) is 16.3 Å². The van der Waals surface area contributed by atoms with Crippen molar-refractivity contribution in [2.75, 3.05) is 0 Å². The van der Waals surface area contributed by atoms with Gasteiger partial charge in [0, 0.05) is 22.3 Å². The number of para-hydroxylation sites is 1. The van der Waals surface area contributed by atoms with Gasteiger partial charge in [0.25, 0.3) is 0 Å². The Labute approximate surface area is 194 Å². The van der Waals surface area contributed by atoms with Gasteiger partial charge in [0.2, 0.25) is 5.90 Å². The van der Waals surface area contributed by atoms with Gasteiger partial charge in [-0.3, -0.25) is 0 Å². The number of aromatic nitrogens is 2. The van der Waals surface area contributed by atoms with Crippen LogP contribution in [0.25, 0.3) is 23.0 Å². The molecule has 0 saturated heterocycles. The van der Waals surface area contributed by atoms with Crippen LogP contribution in [-0.2, 0) is 9.53 Å². The summed E-state index contributed by atoms with van der Waals surface area (Å²) in [6, 6.07) is 24.4. The summed E-state index contributed by atoms with van der Waals surface area (Å²) < 4.78 is 7.15. The molecule has 1 aromatic heterocycles. The molecule has 0 atom stereocenters. The molecule has 5 rings (SSSR count). The number of cyclic esters (lactones) is 1. The van der Waals surface area contributed by atoms with Crippen molar-refractivity contribution < 1.29 is 9.53 Å². The van der Waals surface area contributed by atoms with E-state index < -0.39 is 5.97 Å². The molecule has 7 heteroatoms. The molecule has 0 bridgehead atoms. The van der Waals surface area contributed by atoms with Crippen molar-refractivity contribution in [1.29, 1.82) is 0 Å². The molecule has 1 aliphatic rings. The Bertz CT molecular complexity index is 1380. The Kier molecular flexibility index (Phi) is 5.35. The van der Waals surface area contributed by atoms with Crippen molar-refractivity contribution in [3.63, 3.8) is 0 Å². The molecular formula is C25H15Cl2N3O2. The highest BCUT2D eigenvalue weighted by molar-refractivity contribution is 6.37. The van der Waals surface area contributed by atoms with Gasteiger partial charge in [0.15, 0.2) is 5.70 Å². The zero-order valence-corrected chi connectivity index (χ0v) is 18.1. The van der Waals surface area contributed by atoms with Crippen molar-refractivity contribution in [2.45, 2.75) is 0 Å². The fourth-order valence-corrected chi connectivity index (χ4v) is 3.85. The molecule has 0 amide bonds. The van der Waals surface area contributed by atoms with E-state index in [0.717, 1.165) is 22.5 Å². The van der Waals surface area contributed by atoms with Crippen molar-refractivity contribution in [3.05, 3.63) is 112 Å². The number of halogens is 2. The number of carbonyl (C=O) groups is 1. The quantitative estimate of drug-likeness (QED) is 0.270. The zero-order chi connectivity index (χ0) is 22.1. The molecule has 2 heterocycles. The first-order chi connectivity index (χ1) is 15.6. The number of ether oxygens (including phenoxy) is 1. The van der Waals surface area contributed by atoms with Crippen LogP contribution in [0.15, 0.2) is 95.7 Å². The smallest absolute Gasteiger partial charge is 0.363 e. The van der Waals surface area contributed by atoms with E-state index in [2.05, 4.69) is 4.99 Å². The van der Waals surface area contributed by atoms with E-state index in [1.807, 2.05) is 66.9 Å². The van der Waals surface area contributed by atoms with Gasteiger partial charge < -0.3 is 4.74 Å². The molecule has 0 aliphatic carbocycles. The minimum Gasteiger partial charge on any atom is -0.402 e. The number of nitrogens with zero attached hydrogens (tertiary/aromatic N) is 3. The van der Waals surface area contributed by atoms with Crippen LogP contribution in [0.3, 0.4) is 0 Å². The van der Waals surface area contributed by atoms with E-state index in [9.17, 15) is 4.79 Å². The summed E-state index contributed by atoms with van der Waals surface area (Å²) in [6.45, 7) is 0. The van der Waals surface area contributed by atoms with Crippen molar-refractivity contribution in [2.24, 2.45) is 4.99 Å². The van der Waals surface area contributed by atoms with Crippen molar-refractivity contribution in [1.82, 2.24) is 9.78 Å². The average Bonchev–Trinajstić information content (AvgIpc) is 3.39. The van der Waals surface area contributed by atoms with E-state index in [1.54, 1.807) is 29.0 Å². The van der Waals surface area contributed by atoms with Gasteiger partial charge in [-0.05, 0) is 36.4 Å². The lowest BCUT2D eigenvalue weighted by Gasteiger charge is -2.02. The molecule has 156 valence electrons. The van der Waals surface area contributed by atoms with Crippen LogP contribution in [0.4, 0.5) is 0 Å². The molecular weight excluding hydrogens is 445 g/mol. The highest BCUT2D eigenvalue weighted by Crippen LogP contribution is 2.29. The van der Waals surface area contributed by atoms with Gasteiger partial charge in [-0.2, -0.15) is 5.10 Å². The predicted molar refractivity (Wildman–Crippen MR) is 126 cm³/mol. The van der Waals surface area contributed by atoms with Gasteiger partial charge in [-0.15, -0.1) is 0 Å². The molecule has 0 unspecified atom stereocenters. The maximum absolute atomic E-state index is 12.6. The summed E-state index contributed by atoms with van der Waals surface area (Å²) >= 11 is 12.2. The third-order valence-electron chi connectivity index (χ3n) is 4.88. The van der Waals surface area contributed by atoms with E-state index in [-0.39, 0.29) is 11.6 Å². The molecule has 4 aromatic rings. The fraction of sp³-hybridized carbons (Fsp3) is 0. The summed E-state index contributed by atoms with van der Waals surface area (Å²) in [5.41, 5.74) is 3.94. The van der Waals surface area contributed by atoms with E-state index in [1.165, 1.54) is 0 Å². The SMILES string of the molecule is O=C1OC(c2ccc(Cl)cc2Cl)=NC1=Cc1cn(-c2ccccc2)nc1-c1ccccc1. The Morgan fingerprint density at radius 1 is 0.906 bits per heavy atom. The zero-order valence-electron chi connectivity index (χ0n) is 16.6. The number of hydrogen-bond donors (Lipinski definition) is 0. The molecule has 0 N–H and O–H groups in total. The molecule has 0 spiro atoms. The number of carbonyl (C=O) groups excluding carboxylic acids is 1. The first-order valence-corrected chi connectivity index (χ1v) is 10.5. The maximum atomic E-state index is 12.6. The van der Waals surface area contributed by atoms with Crippen LogP contribution in [0.1, 0.15) is 11.1 Å². The standard InChI is InChI=1S/C25H15Cl2N3O2/c26-18-11-12-20(21(27)14-18)24-28-22(25(31)32-24)13-17-15-30(19-9-5-2-6-10-19)29-23(17)16-7-3-1-4-8-16/h1-15H. The van der Waals surface area contributed by atoms with E-state index in [0.29, 0.717) is 15.6 Å². The third kappa shape index (κ3) is 3.96. The average molecular weight is 460 g/mol. The molecule has 5 nitrogen and oxygen atoms in total. The second-order valence-electron chi connectivity index (χ2n) is 7.04. The first-order valence-electron chi connectivity index (χ1n) is 9.77. The van der Waals surface area contributed by atoms with Crippen LogP contribution in [-0.4, -0.2) is 21.6 Å². The van der Waals surface area contributed by atoms with Crippen LogP contribution in [0.5, 0.6) is 0 Å². The summed E-state index contributed by atoms with van der Waals surface area (Å²) in [4.78, 5) is 16.9. The number of hydrogen-bond acceptors (Lipinski definition) is 4. The Hall–Kier alpha value is -3.67. The van der Waals surface area contributed by atoms with Crippen LogP contribution < -0.4 is 0 Å². The van der Waals surface area contributed by atoms with Gasteiger partial charge >= 0.3 is 5.97 Å². The van der Waals surface area contributed by atoms with E-state index >= 15 is 0 Å². The number of benzene rings is 3. The van der Waals surface area contributed by atoms with Crippen molar-refractivity contribution >= 4 is 41.1 Å². The van der Waals surface area contributed by atoms with Crippen LogP contribution in [0.2, 0.25) is 10.0 Å². The Balaban J connectivity index is 1.60. The molecule has 3 aromatic carbocycles. The molecule has 1 aliphatic heterocycles. The highest BCUT2D eigenvalue weighted by atomic mass is 35.5. The number of rotatable bonds is 4. The molecule has 0 fully saturated rings. The molecule has 0 radical (unpaired) electrons. The summed E-state index contributed by atoms with van der Waals surface area (Å²) in [6.07, 6.45) is 3.54. The van der Waals surface area contributed by atoms with Gasteiger partial charge in [0.1, 0.15) is 5.69 Å². The van der Waals surface area contributed by atoms with E-state index in [4.69, 9.17) is 33.0 Å². The van der Waals surface area contributed by atoms with Gasteiger partial charge in [-0.1, -0.05) is 71.7 Å². The predicted octanol–water partition coefficient (Wildman–Crippen LogP) is 6.19. The lowest BCUT2D eigenvalue weighted by molar-refractivity contribution is -0.129. The summed E-state index contributed by atoms with van der Waals surface area (Å²) in [5, 5.41) is 5.59. The molecule has 32 heavy (non-hydrogen) atoms. The van der Waals surface area contributed by atoms with Crippen LogP contribution in [0, 0.1) is 0 Å². The first kappa shape index (κ1) is 20.2. The minimum atomic E-state index is -0.558. The summed E-state index contributed by atoms with van der Waals surface area (Å²) in [7, 11) is 0. The van der Waals surface area contributed by atoms with Crippen molar-refractivity contribution in [3.8, 4) is 16.9 Å². The second-order valence-corrected chi connectivity index (χ2v) is 7.88. The van der Waals surface area contributed by atoms with Crippen LogP contribution >= 0.6 is 23.2 Å².